The maximum Gasteiger partial charge on any atom is 0.127 e. The normalized spacial score (nSPS) is 10.3. The molecule has 0 aliphatic rings. The van der Waals surface area contributed by atoms with E-state index in [4.69, 9.17) is 10.5 Å². The Balaban J connectivity index is 2.19. The van der Waals surface area contributed by atoms with Crippen LogP contribution in [0.2, 0.25) is 0 Å². The number of halogens is 1. The minimum absolute atomic E-state index is 0.271. The first kappa shape index (κ1) is 11.6. The highest BCUT2D eigenvalue weighted by Crippen LogP contribution is 2.23. The number of ether oxygens (including phenoxy) is 1. The fourth-order valence-electron chi connectivity index (χ4n) is 1.60. The van der Waals surface area contributed by atoms with Gasteiger partial charge in [-0.3, -0.25) is 0 Å². The van der Waals surface area contributed by atoms with Gasteiger partial charge in [0.05, 0.1) is 0 Å². The van der Waals surface area contributed by atoms with Crippen LogP contribution in [0.25, 0.3) is 0 Å². The van der Waals surface area contributed by atoms with Crippen LogP contribution in [0.15, 0.2) is 42.5 Å². The molecule has 0 aliphatic heterocycles. The zero-order chi connectivity index (χ0) is 12.3. The van der Waals surface area contributed by atoms with Gasteiger partial charge in [0.2, 0.25) is 0 Å². The molecule has 0 saturated carbocycles. The van der Waals surface area contributed by atoms with Crippen molar-refractivity contribution in [2.75, 3.05) is 0 Å². The Labute approximate surface area is 99.8 Å². The molecule has 3 heteroatoms. The molecule has 2 aromatic carbocycles. The van der Waals surface area contributed by atoms with Crippen molar-refractivity contribution in [1.29, 1.82) is 0 Å². The van der Waals surface area contributed by atoms with E-state index in [0.717, 1.165) is 16.9 Å². The second-order valence-electron chi connectivity index (χ2n) is 3.85. The smallest absolute Gasteiger partial charge is 0.127 e. The van der Waals surface area contributed by atoms with Crippen LogP contribution in [0.1, 0.15) is 11.1 Å². The third-order valence-corrected chi connectivity index (χ3v) is 2.58. The number of hydrogen-bond donors (Lipinski definition) is 1. The molecule has 2 rings (SSSR count). The van der Waals surface area contributed by atoms with E-state index in [-0.39, 0.29) is 5.82 Å². The molecule has 0 amide bonds. The maximum absolute atomic E-state index is 12.7. The number of nitrogens with two attached hydrogens (primary N) is 1. The molecule has 0 aliphatic carbocycles. The van der Waals surface area contributed by atoms with Crippen molar-refractivity contribution in [2.24, 2.45) is 5.73 Å². The Morgan fingerprint density at radius 3 is 2.29 bits per heavy atom. The van der Waals surface area contributed by atoms with Crippen LogP contribution in [-0.4, -0.2) is 0 Å². The van der Waals surface area contributed by atoms with Gasteiger partial charge in [0.1, 0.15) is 17.3 Å². The minimum atomic E-state index is -0.271. The van der Waals surface area contributed by atoms with Crippen molar-refractivity contribution in [3.8, 4) is 11.5 Å². The Morgan fingerprint density at radius 2 is 1.71 bits per heavy atom. The molecule has 2 nitrogen and oxygen atoms in total. The van der Waals surface area contributed by atoms with Crippen molar-refractivity contribution in [3.63, 3.8) is 0 Å². The van der Waals surface area contributed by atoms with Crippen LogP contribution in [0.3, 0.4) is 0 Å². The largest absolute Gasteiger partial charge is 0.457 e. The number of hydrogen-bond acceptors (Lipinski definition) is 2. The molecule has 2 N–H and O–H groups in total. The maximum atomic E-state index is 12.7. The molecule has 17 heavy (non-hydrogen) atoms. The highest BCUT2D eigenvalue weighted by molar-refractivity contribution is 5.37. The van der Waals surface area contributed by atoms with Crippen molar-refractivity contribution in [2.45, 2.75) is 13.5 Å². The summed E-state index contributed by atoms with van der Waals surface area (Å²) in [5.41, 5.74) is 7.77. The summed E-state index contributed by atoms with van der Waals surface area (Å²) in [6.45, 7) is 2.50. The molecule has 0 unspecified atom stereocenters. The van der Waals surface area contributed by atoms with Gasteiger partial charge in [-0.05, 0) is 54.4 Å². The van der Waals surface area contributed by atoms with Crippen molar-refractivity contribution in [3.05, 3.63) is 59.4 Å². The van der Waals surface area contributed by atoms with E-state index in [1.54, 1.807) is 12.1 Å². The van der Waals surface area contributed by atoms with Gasteiger partial charge >= 0.3 is 0 Å². The molecule has 0 fully saturated rings. The molecule has 0 radical (unpaired) electrons. The standard InChI is InChI=1S/C14H14FNO/c1-10-8-14(5-2-11(10)9-16)17-13-6-3-12(15)4-7-13/h2-8H,9,16H2,1H3. The molecular weight excluding hydrogens is 217 g/mol. The first-order valence-corrected chi connectivity index (χ1v) is 5.42. The number of aryl methyl sites for hydroxylation is 1. The molecule has 0 atom stereocenters. The second kappa shape index (κ2) is 4.97. The monoisotopic (exact) mass is 231 g/mol. The molecule has 0 bridgehead atoms. The molecule has 0 heterocycles. The molecule has 0 aromatic heterocycles. The molecule has 2 aromatic rings. The summed E-state index contributed by atoms with van der Waals surface area (Å²) in [4.78, 5) is 0. The van der Waals surface area contributed by atoms with Crippen LogP contribution in [0, 0.1) is 12.7 Å². The average molecular weight is 231 g/mol. The van der Waals surface area contributed by atoms with Gasteiger partial charge < -0.3 is 10.5 Å². The summed E-state index contributed by atoms with van der Waals surface area (Å²) in [5.74, 6) is 1.07. The number of benzene rings is 2. The summed E-state index contributed by atoms with van der Waals surface area (Å²) < 4.78 is 18.3. The SMILES string of the molecule is Cc1cc(Oc2ccc(F)cc2)ccc1CN. The van der Waals surface area contributed by atoms with Crippen LogP contribution < -0.4 is 10.5 Å². The van der Waals surface area contributed by atoms with Gasteiger partial charge in [-0.15, -0.1) is 0 Å². The molecule has 0 saturated heterocycles. The number of rotatable bonds is 3. The summed E-state index contributed by atoms with van der Waals surface area (Å²) in [6, 6.07) is 11.7. The van der Waals surface area contributed by atoms with E-state index in [1.165, 1.54) is 12.1 Å². The lowest BCUT2D eigenvalue weighted by Gasteiger charge is -2.08. The van der Waals surface area contributed by atoms with Crippen molar-refractivity contribution < 1.29 is 9.13 Å². The van der Waals surface area contributed by atoms with Crippen LogP contribution >= 0.6 is 0 Å². The van der Waals surface area contributed by atoms with Gasteiger partial charge in [0, 0.05) is 6.54 Å². The van der Waals surface area contributed by atoms with Crippen molar-refractivity contribution >= 4 is 0 Å². The highest BCUT2D eigenvalue weighted by Gasteiger charge is 2.01. The summed E-state index contributed by atoms with van der Waals surface area (Å²) in [7, 11) is 0. The first-order valence-electron chi connectivity index (χ1n) is 5.42. The predicted octanol–water partition coefficient (Wildman–Crippen LogP) is 3.39. The topological polar surface area (TPSA) is 35.2 Å². The Bertz CT molecular complexity index is 508. The van der Waals surface area contributed by atoms with Crippen LogP contribution in [0.5, 0.6) is 11.5 Å². The fraction of sp³-hybridized carbons (Fsp3) is 0.143. The second-order valence-corrected chi connectivity index (χ2v) is 3.85. The van der Waals surface area contributed by atoms with E-state index >= 15 is 0 Å². The van der Waals surface area contributed by atoms with Crippen LogP contribution in [-0.2, 0) is 6.54 Å². The zero-order valence-electron chi connectivity index (χ0n) is 9.61. The van der Waals surface area contributed by atoms with Gasteiger partial charge in [0.25, 0.3) is 0 Å². The van der Waals surface area contributed by atoms with E-state index in [0.29, 0.717) is 12.3 Å². The summed E-state index contributed by atoms with van der Waals surface area (Å²) in [5, 5.41) is 0. The Morgan fingerprint density at radius 1 is 1.06 bits per heavy atom. The van der Waals surface area contributed by atoms with Crippen LogP contribution in [0.4, 0.5) is 4.39 Å². The lowest BCUT2D eigenvalue weighted by molar-refractivity contribution is 0.480. The predicted molar refractivity (Wildman–Crippen MR) is 65.5 cm³/mol. The van der Waals surface area contributed by atoms with E-state index < -0.39 is 0 Å². The average Bonchev–Trinajstić information content (AvgIpc) is 2.32. The van der Waals surface area contributed by atoms with Crippen molar-refractivity contribution in [1.82, 2.24) is 0 Å². The van der Waals surface area contributed by atoms with Gasteiger partial charge in [0.15, 0.2) is 0 Å². The van der Waals surface area contributed by atoms with Gasteiger partial charge in [-0.25, -0.2) is 4.39 Å². The quantitative estimate of drug-likeness (QED) is 0.878. The van der Waals surface area contributed by atoms with E-state index in [2.05, 4.69) is 0 Å². The lowest BCUT2D eigenvalue weighted by atomic mass is 10.1. The van der Waals surface area contributed by atoms with E-state index in [9.17, 15) is 4.39 Å². The van der Waals surface area contributed by atoms with E-state index in [1.807, 2.05) is 25.1 Å². The third kappa shape index (κ3) is 2.82. The van der Waals surface area contributed by atoms with Gasteiger partial charge in [-0.1, -0.05) is 6.07 Å². The lowest BCUT2D eigenvalue weighted by Crippen LogP contribution is -1.98. The summed E-state index contributed by atoms with van der Waals surface area (Å²) >= 11 is 0. The molecular formula is C14H14FNO. The Kier molecular flexibility index (Phi) is 3.40. The summed E-state index contributed by atoms with van der Waals surface area (Å²) in [6.07, 6.45) is 0. The Hall–Kier alpha value is -1.87. The van der Waals surface area contributed by atoms with Gasteiger partial charge in [-0.2, -0.15) is 0 Å². The third-order valence-electron chi connectivity index (χ3n) is 2.58. The fourth-order valence-corrected chi connectivity index (χ4v) is 1.60. The first-order chi connectivity index (χ1) is 8.19. The zero-order valence-corrected chi connectivity index (χ0v) is 9.61. The highest BCUT2D eigenvalue weighted by atomic mass is 19.1. The minimum Gasteiger partial charge on any atom is -0.457 e. The molecule has 88 valence electrons. The molecule has 0 spiro atoms.